The SMILES string of the molecule is COC(=O)[C@@H](OC(C)(C)C)c1c(C)nc2c(cc(-c3n[nH]c(=O)o3)n2C)c1-c1cc(F)c2c(c1C)CCCO2. The summed E-state index contributed by atoms with van der Waals surface area (Å²) >= 11 is 0. The quantitative estimate of drug-likeness (QED) is 0.363. The maximum Gasteiger partial charge on any atom is 0.434 e. The van der Waals surface area contributed by atoms with Crippen molar-refractivity contribution in [3.8, 4) is 28.5 Å². The van der Waals surface area contributed by atoms with Crippen molar-refractivity contribution in [3.05, 3.63) is 50.9 Å². The summed E-state index contributed by atoms with van der Waals surface area (Å²) in [6.45, 7) is 9.66. The lowest BCUT2D eigenvalue weighted by atomic mass is 9.86. The predicted octanol–water partition coefficient (Wildman–Crippen LogP) is 4.69. The summed E-state index contributed by atoms with van der Waals surface area (Å²) in [6, 6.07) is 3.20. The second-order valence-corrected chi connectivity index (χ2v) is 10.7. The maximum absolute atomic E-state index is 15.5. The van der Waals surface area contributed by atoms with Crippen molar-refractivity contribution >= 4 is 17.0 Å². The number of halogens is 1. The highest BCUT2D eigenvalue weighted by atomic mass is 19.1. The molecule has 10 nitrogen and oxygen atoms in total. The van der Waals surface area contributed by atoms with Gasteiger partial charge in [0.2, 0.25) is 0 Å². The summed E-state index contributed by atoms with van der Waals surface area (Å²) in [5, 5.41) is 6.85. The Morgan fingerprint density at radius 2 is 2.00 bits per heavy atom. The van der Waals surface area contributed by atoms with Crippen molar-refractivity contribution in [1.82, 2.24) is 19.7 Å². The van der Waals surface area contributed by atoms with Gasteiger partial charge in [-0.25, -0.2) is 24.1 Å². The van der Waals surface area contributed by atoms with Gasteiger partial charge in [-0.1, -0.05) is 0 Å². The van der Waals surface area contributed by atoms with E-state index in [2.05, 4.69) is 10.2 Å². The first-order valence-electron chi connectivity index (χ1n) is 12.7. The normalized spacial score (nSPS) is 14.3. The number of benzene rings is 1. The smallest absolute Gasteiger partial charge is 0.434 e. The summed E-state index contributed by atoms with van der Waals surface area (Å²) in [4.78, 5) is 29.7. The molecule has 0 saturated carbocycles. The van der Waals surface area contributed by atoms with Gasteiger partial charge in [0.05, 0.1) is 19.3 Å². The second kappa shape index (κ2) is 9.64. The highest BCUT2D eigenvalue weighted by molar-refractivity contribution is 6.01. The lowest BCUT2D eigenvalue weighted by molar-refractivity contribution is -0.164. The predicted molar refractivity (Wildman–Crippen MR) is 141 cm³/mol. The van der Waals surface area contributed by atoms with Crippen molar-refractivity contribution in [1.29, 1.82) is 0 Å². The average Bonchev–Trinajstić information content (AvgIpc) is 3.46. The summed E-state index contributed by atoms with van der Waals surface area (Å²) in [5.74, 6) is -1.46. The topological polar surface area (TPSA) is 121 Å². The molecule has 4 heterocycles. The molecule has 206 valence electrons. The molecule has 1 aliphatic rings. The van der Waals surface area contributed by atoms with E-state index in [0.29, 0.717) is 52.1 Å². The molecule has 0 unspecified atom stereocenters. The second-order valence-electron chi connectivity index (χ2n) is 10.7. The molecule has 0 aliphatic carbocycles. The third kappa shape index (κ3) is 4.60. The van der Waals surface area contributed by atoms with Gasteiger partial charge in [-0.2, -0.15) is 0 Å². The number of esters is 1. The Labute approximate surface area is 224 Å². The summed E-state index contributed by atoms with van der Waals surface area (Å²) in [5.41, 5.74) is 4.00. The standard InChI is InChI=1S/C28H31FN4O6/c1-13-15-9-8-10-37-22(15)18(29)11-16(13)21-17-12-19(25-31-32-27(35)38-25)33(6)24(17)30-14(2)20(21)23(26(34)36-7)39-28(3,4)5/h11-12,23H,8-10H2,1-7H3,(H,32,35)/t23-/m0/s1. The van der Waals surface area contributed by atoms with Crippen molar-refractivity contribution in [2.45, 2.75) is 59.2 Å². The highest BCUT2D eigenvalue weighted by Gasteiger charge is 2.35. The van der Waals surface area contributed by atoms with Crippen LogP contribution in [0.3, 0.4) is 0 Å². The number of pyridine rings is 1. The maximum atomic E-state index is 15.5. The number of methoxy groups -OCH3 is 1. The van der Waals surface area contributed by atoms with Crippen molar-refractivity contribution in [3.63, 3.8) is 0 Å². The number of carbonyl (C=O) groups excluding carboxylic acids is 1. The van der Waals surface area contributed by atoms with Gasteiger partial charge in [-0.15, -0.1) is 5.10 Å². The first kappa shape index (κ1) is 26.6. The number of hydrogen-bond acceptors (Lipinski definition) is 8. The zero-order valence-electron chi connectivity index (χ0n) is 23.0. The van der Waals surface area contributed by atoms with Crippen LogP contribution in [0.1, 0.15) is 55.7 Å². The Morgan fingerprint density at radius 1 is 1.26 bits per heavy atom. The number of aromatic nitrogens is 4. The summed E-state index contributed by atoms with van der Waals surface area (Å²) in [7, 11) is 3.06. The average molecular weight is 539 g/mol. The minimum absolute atomic E-state index is 0.0721. The van der Waals surface area contributed by atoms with Gasteiger partial charge in [0.25, 0.3) is 5.89 Å². The van der Waals surface area contributed by atoms with Crippen molar-refractivity contribution < 1.29 is 27.8 Å². The van der Waals surface area contributed by atoms with Gasteiger partial charge >= 0.3 is 11.7 Å². The van der Waals surface area contributed by atoms with E-state index in [0.717, 1.165) is 17.5 Å². The molecule has 0 bridgehead atoms. The number of aromatic amines is 1. The Morgan fingerprint density at radius 3 is 2.64 bits per heavy atom. The first-order chi connectivity index (χ1) is 18.4. The number of hydrogen-bond donors (Lipinski definition) is 1. The van der Waals surface area contributed by atoms with E-state index in [-0.39, 0.29) is 11.6 Å². The van der Waals surface area contributed by atoms with Gasteiger partial charge in [-0.3, -0.25) is 0 Å². The molecule has 3 aromatic heterocycles. The number of ether oxygens (including phenoxy) is 3. The van der Waals surface area contributed by atoms with Gasteiger partial charge < -0.3 is 23.2 Å². The van der Waals surface area contributed by atoms with Crippen LogP contribution in [-0.4, -0.2) is 45.0 Å². The Balaban J connectivity index is 1.91. The lowest BCUT2D eigenvalue weighted by Gasteiger charge is -2.29. The molecular formula is C28H31FN4O6. The van der Waals surface area contributed by atoms with Crippen LogP contribution in [0, 0.1) is 19.7 Å². The molecule has 0 spiro atoms. The monoisotopic (exact) mass is 538 g/mol. The molecule has 1 atom stereocenters. The van der Waals surface area contributed by atoms with Crippen molar-refractivity contribution in [2.24, 2.45) is 7.05 Å². The minimum atomic E-state index is -1.15. The molecule has 1 N–H and O–H groups in total. The van der Waals surface area contributed by atoms with E-state index in [9.17, 15) is 9.59 Å². The largest absolute Gasteiger partial charge is 0.490 e. The number of H-pyrrole nitrogens is 1. The fourth-order valence-corrected chi connectivity index (χ4v) is 5.22. The molecule has 1 aromatic carbocycles. The van der Waals surface area contributed by atoms with Crippen LogP contribution in [0.2, 0.25) is 0 Å². The number of carbonyl (C=O) groups is 1. The Hall–Kier alpha value is -3.99. The van der Waals surface area contributed by atoms with Crippen LogP contribution in [0.4, 0.5) is 4.39 Å². The number of rotatable bonds is 5. The van der Waals surface area contributed by atoms with Gasteiger partial charge in [-0.05, 0) is 70.7 Å². The van der Waals surface area contributed by atoms with Gasteiger partial charge in [0.1, 0.15) is 11.3 Å². The molecule has 0 radical (unpaired) electrons. The van der Waals surface area contributed by atoms with E-state index in [1.54, 1.807) is 24.6 Å². The van der Waals surface area contributed by atoms with E-state index >= 15 is 4.39 Å². The summed E-state index contributed by atoms with van der Waals surface area (Å²) < 4.78 is 39.6. The molecule has 39 heavy (non-hydrogen) atoms. The van der Waals surface area contributed by atoms with E-state index < -0.39 is 29.2 Å². The fraction of sp³-hybridized carbons (Fsp3) is 0.429. The molecule has 0 fully saturated rings. The van der Waals surface area contributed by atoms with E-state index in [1.807, 2.05) is 27.7 Å². The third-order valence-electron chi connectivity index (χ3n) is 6.91. The number of nitrogens with zero attached hydrogens (tertiary/aromatic N) is 3. The zero-order chi connectivity index (χ0) is 28.2. The Bertz CT molecular complexity index is 1660. The van der Waals surface area contributed by atoms with E-state index in [4.69, 9.17) is 23.6 Å². The molecule has 11 heteroatoms. The van der Waals surface area contributed by atoms with Crippen LogP contribution < -0.4 is 10.5 Å². The van der Waals surface area contributed by atoms with Crippen LogP contribution >= 0.6 is 0 Å². The van der Waals surface area contributed by atoms with Crippen LogP contribution in [-0.2, 0) is 27.7 Å². The van der Waals surface area contributed by atoms with E-state index in [1.165, 1.54) is 13.2 Å². The number of aryl methyl sites for hydroxylation is 2. The minimum Gasteiger partial charge on any atom is -0.490 e. The molecular weight excluding hydrogens is 507 g/mol. The molecule has 0 saturated heterocycles. The van der Waals surface area contributed by atoms with Crippen LogP contribution in [0.15, 0.2) is 21.3 Å². The number of nitrogens with one attached hydrogen (secondary N) is 1. The zero-order valence-corrected chi connectivity index (χ0v) is 23.0. The highest BCUT2D eigenvalue weighted by Crippen LogP contribution is 2.45. The molecule has 4 aromatic rings. The first-order valence-corrected chi connectivity index (χ1v) is 12.7. The molecule has 1 aliphatic heterocycles. The Kier molecular flexibility index (Phi) is 6.58. The van der Waals surface area contributed by atoms with Gasteiger partial charge in [0.15, 0.2) is 17.7 Å². The number of fused-ring (bicyclic) bond motifs is 2. The lowest BCUT2D eigenvalue weighted by Crippen LogP contribution is -2.29. The van der Waals surface area contributed by atoms with Crippen LogP contribution in [0.5, 0.6) is 5.75 Å². The summed E-state index contributed by atoms with van der Waals surface area (Å²) in [6.07, 6.45) is 0.273. The third-order valence-corrected chi connectivity index (χ3v) is 6.91. The van der Waals surface area contributed by atoms with Gasteiger partial charge in [0, 0.05) is 34.8 Å². The van der Waals surface area contributed by atoms with Crippen LogP contribution in [0.25, 0.3) is 33.7 Å². The van der Waals surface area contributed by atoms with Crippen molar-refractivity contribution in [2.75, 3.05) is 13.7 Å². The molecule has 0 amide bonds. The fourth-order valence-electron chi connectivity index (χ4n) is 5.22. The molecule has 5 rings (SSSR count).